The number of hydrogen-bond acceptors (Lipinski definition) is 2. The Morgan fingerprint density at radius 3 is 2.58 bits per heavy atom. The zero-order valence-corrected chi connectivity index (χ0v) is 12.8. The van der Waals surface area contributed by atoms with Gasteiger partial charge in [0.1, 0.15) is 5.82 Å². The summed E-state index contributed by atoms with van der Waals surface area (Å²) < 4.78 is 14.4. The zero-order chi connectivity index (χ0) is 13.8. The van der Waals surface area contributed by atoms with Gasteiger partial charge in [0.15, 0.2) is 0 Å². The van der Waals surface area contributed by atoms with Gasteiger partial charge in [-0.15, -0.1) is 11.8 Å². The predicted octanol–water partition coefficient (Wildman–Crippen LogP) is 4.72. The number of benzene rings is 2. The van der Waals surface area contributed by atoms with Crippen molar-refractivity contribution in [3.63, 3.8) is 0 Å². The van der Waals surface area contributed by atoms with E-state index in [1.165, 1.54) is 23.4 Å². The van der Waals surface area contributed by atoms with Gasteiger partial charge in [0.05, 0.1) is 6.10 Å². The van der Waals surface area contributed by atoms with Crippen LogP contribution in [0.25, 0.3) is 0 Å². The Bertz CT molecular complexity index is 557. The summed E-state index contributed by atoms with van der Waals surface area (Å²) in [5, 5.41) is 10.1. The Kier molecular flexibility index (Phi) is 5.02. The predicted molar refractivity (Wildman–Crippen MR) is 81.0 cm³/mol. The van der Waals surface area contributed by atoms with Crippen LogP contribution in [0.1, 0.15) is 17.2 Å². The molecule has 2 rings (SSSR count). The molecule has 0 bridgehead atoms. The van der Waals surface area contributed by atoms with Gasteiger partial charge in [-0.3, -0.25) is 0 Å². The van der Waals surface area contributed by atoms with Crippen molar-refractivity contribution in [2.75, 3.05) is 5.75 Å². The topological polar surface area (TPSA) is 20.2 Å². The average Bonchev–Trinajstić information content (AvgIpc) is 2.40. The van der Waals surface area contributed by atoms with Gasteiger partial charge in [-0.05, 0) is 37.3 Å². The van der Waals surface area contributed by atoms with Crippen molar-refractivity contribution >= 4 is 27.7 Å². The van der Waals surface area contributed by atoms with Gasteiger partial charge in [-0.25, -0.2) is 4.39 Å². The molecule has 0 fully saturated rings. The molecule has 0 saturated heterocycles. The van der Waals surface area contributed by atoms with E-state index in [1.807, 2.05) is 31.2 Å². The Hall–Kier alpha value is -0.840. The van der Waals surface area contributed by atoms with Crippen molar-refractivity contribution in [2.45, 2.75) is 17.9 Å². The summed E-state index contributed by atoms with van der Waals surface area (Å²) in [6.07, 6.45) is -0.816. The van der Waals surface area contributed by atoms with E-state index < -0.39 is 6.10 Å². The fourth-order valence-electron chi connectivity index (χ4n) is 1.67. The van der Waals surface area contributed by atoms with E-state index in [1.54, 1.807) is 12.1 Å². The number of rotatable bonds is 4. The van der Waals surface area contributed by atoms with Gasteiger partial charge in [0.2, 0.25) is 0 Å². The molecule has 0 heterocycles. The van der Waals surface area contributed by atoms with E-state index >= 15 is 0 Å². The minimum Gasteiger partial charge on any atom is -0.387 e. The molecule has 1 nitrogen and oxygen atoms in total. The highest BCUT2D eigenvalue weighted by molar-refractivity contribution is 9.10. The van der Waals surface area contributed by atoms with E-state index in [2.05, 4.69) is 15.9 Å². The molecule has 4 heteroatoms. The Balaban J connectivity index is 2.03. The molecular weight excluding hydrogens is 327 g/mol. The van der Waals surface area contributed by atoms with E-state index in [9.17, 15) is 9.50 Å². The molecule has 0 spiro atoms. The summed E-state index contributed by atoms with van der Waals surface area (Å²) in [7, 11) is 0. The normalized spacial score (nSPS) is 12.4. The number of thioether (sulfide) groups is 1. The summed E-state index contributed by atoms with van der Waals surface area (Å²) in [6.45, 7) is 2.03. The maximum Gasteiger partial charge on any atom is 0.129 e. The van der Waals surface area contributed by atoms with Gasteiger partial charge in [0, 0.05) is 20.7 Å². The second-order valence-electron chi connectivity index (χ2n) is 4.31. The maximum atomic E-state index is 13.6. The van der Waals surface area contributed by atoms with Crippen molar-refractivity contribution in [1.29, 1.82) is 0 Å². The molecular formula is C15H14BrFOS. The van der Waals surface area contributed by atoms with Crippen molar-refractivity contribution in [3.05, 3.63) is 63.9 Å². The van der Waals surface area contributed by atoms with Crippen LogP contribution in [0, 0.1) is 12.7 Å². The summed E-state index contributed by atoms with van der Waals surface area (Å²) >= 11 is 4.80. The van der Waals surface area contributed by atoms with Crippen LogP contribution >= 0.6 is 27.7 Å². The first-order valence-corrected chi connectivity index (χ1v) is 7.66. The Labute approximate surface area is 125 Å². The van der Waals surface area contributed by atoms with Crippen LogP contribution in [0.5, 0.6) is 0 Å². The fourth-order valence-corrected chi connectivity index (χ4v) is 2.91. The average molecular weight is 341 g/mol. The molecule has 2 aromatic carbocycles. The molecule has 0 aromatic heterocycles. The number of aliphatic hydroxyl groups excluding tert-OH is 1. The lowest BCUT2D eigenvalue weighted by Gasteiger charge is -2.12. The maximum absolute atomic E-state index is 13.6. The zero-order valence-electron chi connectivity index (χ0n) is 10.4. The first-order chi connectivity index (χ1) is 9.06. The van der Waals surface area contributed by atoms with Crippen LogP contribution in [0.2, 0.25) is 0 Å². The third kappa shape index (κ3) is 4.06. The van der Waals surface area contributed by atoms with Crippen LogP contribution in [-0.4, -0.2) is 10.9 Å². The van der Waals surface area contributed by atoms with E-state index in [0.717, 1.165) is 9.37 Å². The van der Waals surface area contributed by atoms with Crippen molar-refractivity contribution in [1.82, 2.24) is 0 Å². The molecule has 1 unspecified atom stereocenters. The minimum absolute atomic E-state index is 0.328. The molecule has 19 heavy (non-hydrogen) atoms. The molecule has 0 aliphatic carbocycles. The van der Waals surface area contributed by atoms with Gasteiger partial charge in [-0.2, -0.15) is 0 Å². The molecule has 0 saturated carbocycles. The lowest BCUT2D eigenvalue weighted by atomic mass is 10.1. The summed E-state index contributed by atoms with van der Waals surface area (Å²) in [5.74, 6) is 0.0522. The third-order valence-corrected chi connectivity index (χ3v) is 4.33. The minimum atomic E-state index is -0.816. The molecule has 1 atom stereocenters. The van der Waals surface area contributed by atoms with Crippen molar-refractivity contribution < 1.29 is 9.50 Å². The molecule has 0 amide bonds. The summed E-state index contributed by atoms with van der Waals surface area (Å²) in [5.41, 5.74) is 1.52. The van der Waals surface area contributed by atoms with Crippen molar-refractivity contribution in [2.24, 2.45) is 0 Å². The lowest BCUT2D eigenvalue weighted by Crippen LogP contribution is -2.03. The molecule has 100 valence electrons. The van der Waals surface area contributed by atoms with Gasteiger partial charge in [0.25, 0.3) is 0 Å². The number of aliphatic hydroxyl groups is 1. The monoisotopic (exact) mass is 340 g/mol. The quantitative estimate of drug-likeness (QED) is 0.812. The SMILES string of the molecule is Cc1ccc(SCC(O)c2cc(Br)ccc2F)cc1. The molecule has 1 N–H and O–H groups in total. The smallest absolute Gasteiger partial charge is 0.129 e. The summed E-state index contributed by atoms with van der Waals surface area (Å²) in [6, 6.07) is 12.7. The Morgan fingerprint density at radius 1 is 1.21 bits per heavy atom. The van der Waals surface area contributed by atoms with E-state index in [4.69, 9.17) is 0 Å². The fraction of sp³-hybridized carbons (Fsp3) is 0.200. The van der Waals surface area contributed by atoms with Crippen molar-refractivity contribution in [3.8, 4) is 0 Å². The highest BCUT2D eigenvalue weighted by atomic mass is 79.9. The van der Waals surface area contributed by atoms with E-state index in [0.29, 0.717) is 11.3 Å². The van der Waals surface area contributed by atoms with E-state index in [-0.39, 0.29) is 5.82 Å². The number of aryl methyl sites for hydroxylation is 1. The highest BCUT2D eigenvalue weighted by Gasteiger charge is 2.13. The number of hydrogen-bond donors (Lipinski definition) is 1. The van der Waals surface area contributed by atoms with Crippen LogP contribution in [0.15, 0.2) is 51.8 Å². The third-order valence-electron chi connectivity index (χ3n) is 2.75. The summed E-state index contributed by atoms with van der Waals surface area (Å²) in [4.78, 5) is 1.07. The van der Waals surface area contributed by atoms with Crippen LogP contribution in [0.4, 0.5) is 4.39 Å². The number of halogens is 2. The molecule has 0 aliphatic rings. The van der Waals surface area contributed by atoms with Gasteiger partial charge in [-0.1, -0.05) is 33.6 Å². The second-order valence-corrected chi connectivity index (χ2v) is 6.31. The van der Waals surface area contributed by atoms with Gasteiger partial charge >= 0.3 is 0 Å². The first-order valence-electron chi connectivity index (χ1n) is 5.89. The van der Waals surface area contributed by atoms with Gasteiger partial charge < -0.3 is 5.11 Å². The first kappa shape index (κ1) is 14.6. The van der Waals surface area contributed by atoms with Crippen LogP contribution in [0.3, 0.4) is 0 Å². The van der Waals surface area contributed by atoms with Crippen LogP contribution < -0.4 is 0 Å². The van der Waals surface area contributed by atoms with Crippen LogP contribution in [-0.2, 0) is 0 Å². The highest BCUT2D eigenvalue weighted by Crippen LogP contribution is 2.28. The second kappa shape index (κ2) is 6.55. The Morgan fingerprint density at radius 2 is 1.89 bits per heavy atom. The lowest BCUT2D eigenvalue weighted by molar-refractivity contribution is 0.199. The molecule has 0 aliphatic heterocycles. The largest absolute Gasteiger partial charge is 0.387 e. The molecule has 0 radical (unpaired) electrons. The standard InChI is InChI=1S/C15H14BrFOS/c1-10-2-5-12(6-3-10)19-9-15(18)13-8-11(16)4-7-14(13)17/h2-8,15,18H,9H2,1H3. The molecule has 2 aromatic rings.